The second-order valence-corrected chi connectivity index (χ2v) is 9.98. The van der Waals surface area contributed by atoms with Crippen LogP contribution in [0.1, 0.15) is 88.4 Å². The van der Waals surface area contributed by atoms with E-state index in [1.54, 1.807) is 25.3 Å². The summed E-state index contributed by atoms with van der Waals surface area (Å²) in [5.41, 5.74) is 0.407. The Balaban J connectivity index is 2.04. The number of carbonyl (C=O) groups is 2. The van der Waals surface area contributed by atoms with Crippen LogP contribution in [-0.4, -0.2) is 69.4 Å². The number of benzene rings is 1. The summed E-state index contributed by atoms with van der Waals surface area (Å²) in [5.74, 6) is 0.573. The van der Waals surface area contributed by atoms with Gasteiger partial charge in [-0.3, -0.25) is 9.59 Å². The molecule has 2 N–H and O–H groups in total. The molecule has 0 spiro atoms. The molecule has 1 saturated carbocycles. The lowest BCUT2D eigenvalue weighted by Crippen LogP contribution is -2.54. The Bertz CT molecular complexity index is 808. The smallest absolute Gasteiger partial charge is 0.252 e. The normalized spacial score (nSPS) is 15.5. The van der Waals surface area contributed by atoms with E-state index in [9.17, 15) is 9.59 Å². The highest BCUT2D eigenvalue weighted by Gasteiger charge is 2.36. The molecule has 0 radical (unpaired) electrons. The molecule has 2 rings (SSSR count). The molecule has 1 aromatic rings. The van der Waals surface area contributed by atoms with Gasteiger partial charge in [0.15, 0.2) is 18.3 Å². The SMILES string of the molecule is CCCCCCOc1ccc(C(=O)N[C@@H](CCC)C(=O)NCC2(N(C)C)CCCC2)cc1OCOC. The van der Waals surface area contributed by atoms with Crippen molar-refractivity contribution in [2.45, 2.75) is 89.6 Å². The van der Waals surface area contributed by atoms with Crippen molar-refractivity contribution in [2.24, 2.45) is 0 Å². The molecule has 0 aromatic heterocycles. The topological polar surface area (TPSA) is 89.1 Å². The number of unbranched alkanes of at least 4 members (excludes halogenated alkanes) is 3. The lowest BCUT2D eigenvalue weighted by molar-refractivity contribution is -0.123. The van der Waals surface area contributed by atoms with Gasteiger partial charge in [0, 0.05) is 24.8 Å². The summed E-state index contributed by atoms with van der Waals surface area (Å²) in [7, 11) is 5.69. The first-order valence-electron chi connectivity index (χ1n) is 13.5. The molecule has 8 heteroatoms. The van der Waals surface area contributed by atoms with Gasteiger partial charge in [-0.05, 0) is 58.0 Å². The fraction of sp³-hybridized carbons (Fsp3) is 0.714. The first-order valence-corrected chi connectivity index (χ1v) is 13.5. The molecule has 36 heavy (non-hydrogen) atoms. The quantitative estimate of drug-likeness (QED) is 0.239. The Morgan fingerprint density at radius 2 is 1.78 bits per heavy atom. The molecule has 1 aromatic carbocycles. The lowest BCUT2D eigenvalue weighted by Gasteiger charge is -2.37. The fourth-order valence-electron chi connectivity index (χ4n) is 4.70. The molecule has 1 aliphatic rings. The van der Waals surface area contributed by atoms with E-state index in [2.05, 4.69) is 36.6 Å². The first-order chi connectivity index (χ1) is 17.4. The molecule has 0 aliphatic heterocycles. The van der Waals surface area contributed by atoms with Crippen LogP contribution in [-0.2, 0) is 9.53 Å². The number of ether oxygens (including phenoxy) is 3. The van der Waals surface area contributed by atoms with Gasteiger partial charge in [-0.1, -0.05) is 52.4 Å². The first kappa shape index (κ1) is 29.9. The molecule has 1 fully saturated rings. The van der Waals surface area contributed by atoms with E-state index < -0.39 is 6.04 Å². The highest BCUT2D eigenvalue weighted by Crippen LogP contribution is 2.33. The van der Waals surface area contributed by atoms with Crippen LogP contribution in [0.5, 0.6) is 11.5 Å². The minimum atomic E-state index is -0.596. The molecule has 1 aliphatic carbocycles. The molecule has 0 unspecified atom stereocenters. The Hall–Kier alpha value is -2.32. The van der Waals surface area contributed by atoms with Gasteiger partial charge in [0.1, 0.15) is 6.04 Å². The van der Waals surface area contributed by atoms with Crippen molar-refractivity contribution in [3.8, 4) is 11.5 Å². The number of hydrogen-bond acceptors (Lipinski definition) is 6. The van der Waals surface area contributed by atoms with Crippen molar-refractivity contribution < 1.29 is 23.8 Å². The highest BCUT2D eigenvalue weighted by atomic mass is 16.7. The van der Waals surface area contributed by atoms with E-state index >= 15 is 0 Å². The maximum absolute atomic E-state index is 13.1. The molecule has 0 saturated heterocycles. The molecular weight excluding hydrogens is 458 g/mol. The number of methoxy groups -OCH3 is 1. The Kier molecular flexibility index (Phi) is 13.1. The Morgan fingerprint density at radius 1 is 1.03 bits per heavy atom. The molecule has 0 bridgehead atoms. The zero-order valence-corrected chi connectivity index (χ0v) is 23.0. The van der Waals surface area contributed by atoms with Crippen molar-refractivity contribution >= 4 is 11.8 Å². The number of likely N-dealkylation sites (N-methyl/N-ethyl adjacent to an activating group) is 1. The highest BCUT2D eigenvalue weighted by molar-refractivity contribution is 5.98. The summed E-state index contributed by atoms with van der Waals surface area (Å²) in [6, 6.07) is 4.50. The second-order valence-electron chi connectivity index (χ2n) is 9.98. The maximum Gasteiger partial charge on any atom is 0.252 e. The average Bonchev–Trinajstić information content (AvgIpc) is 3.36. The number of amides is 2. The van der Waals surface area contributed by atoms with Crippen LogP contribution in [0.3, 0.4) is 0 Å². The maximum atomic E-state index is 13.1. The number of hydrogen-bond donors (Lipinski definition) is 2. The van der Waals surface area contributed by atoms with Gasteiger partial charge < -0.3 is 29.7 Å². The van der Waals surface area contributed by atoms with E-state index in [-0.39, 0.29) is 24.1 Å². The molecule has 0 heterocycles. The zero-order valence-electron chi connectivity index (χ0n) is 23.0. The van der Waals surface area contributed by atoms with E-state index in [0.29, 0.717) is 36.6 Å². The van der Waals surface area contributed by atoms with E-state index in [4.69, 9.17) is 14.2 Å². The summed E-state index contributed by atoms with van der Waals surface area (Å²) < 4.78 is 16.6. The van der Waals surface area contributed by atoms with Crippen LogP contribution in [0.25, 0.3) is 0 Å². The van der Waals surface area contributed by atoms with Crippen molar-refractivity contribution in [2.75, 3.05) is 41.1 Å². The summed E-state index contributed by atoms with van der Waals surface area (Å²) in [6.07, 6.45) is 10.3. The summed E-state index contributed by atoms with van der Waals surface area (Å²) in [6.45, 7) is 5.40. The minimum Gasteiger partial charge on any atom is -0.490 e. The van der Waals surface area contributed by atoms with E-state index in [1.165, 1.54) is 25.7 Å². The fourth-order valence-corrected chi connectivity index (χ4v) is 4.70. The Morgan fingerprint density at radius 3 is 2.42 bits per heavy atom. The van der Waals surface area contributed by atoms with Crippen molar-refractivity contribution in [1.82, 2.24) is 15.5 Å². The van der Waals surface area contributed by atoms with Crippen LogP contribution < -0.4 is 20.1 Å². The van der Waals surface area contributed by atoms with Crippen molar-refractivity contribution in [3.63, 3.8) is 0 Å². The predicted octanol–water partition coefficient (Wildman–Crippen LogP) is 4.52. The van der Waals surface area contributed by atoms with Gasteiger partial charge in [0.05, 0.1) is 6.61 Å². The second kappa shape index (κ2) is 15.7. The standard InChI is InChI=1S/C28H47N3O5/c1-6-8-9-12-18-35-24-15-14-22(19-25(24)36-21-34-5)26(32)30-23(13-7-2)27(33)29-20-28(31(3)4)16-10-11-17-28/h14-15,19,23H,6-13,16-18,20-21H2,1-5H3,(H,29,33)(H,30,32)/t23-/m0/s1. The average molecular weight is 506 g/mol. The number of nitrogens with zero attached hydrogens (tertiary/aromatic N) is 1. The van der Waals surface area contributed by atoms with Crippen molar-refractivity contribution in [1.29, 1.82) is 0 Å². The van der Waals surface area contributed by atoms with E-state index in [1.807, 2.05) is 6.92 Å². The molecular formula is C28H47N3O5. The zero-order chi connectivity index (χ0) is 26.4. The molecule has 8 nitrogen and oxygen atoms in total. The summed E-state index contributed by atoms with van der Waals surface area (Å²) in [5, 5.41) is 6.05. The van der Waals surface area contributed by atoms with Gasteiger partial charge >= 0.3 is 0 Å². The van der Waals surface area contributed by atoms with E-state index in [0.717, 1.165) is 32.1 Å². The van der Waals surface area contributed by atoms with Crippen molar-refractivity contribution in [3.05, 3.63) is 23.8 Å². The number of carbonyl (C=O) groups excluding carboxylic acids is 2. The van der Waals surface area contributed by atoms with Crippen LogP contribution in [0.2, 0.25) is 0 Å². The predicted molar refractivity (Wildman–Crippen MR) is 143 cm³/mol. The monoisotopic (exact) mass is 505 g/mol. The van der Waals surface area contributed by atoms with Gasteiger partial charge in [0.25, 0.3) is 5.91 Å². The van der Waals surface area contributed by atoms with Crippen LogP contribution >= 0.6 is 0 Å². The van der Waals surface area contributed by atoms with Crippen LogP contribution in [0.4, 0.5) is 0 Å². The molecule has 204 valence electrons. The Labute approximate surface area is 217 Å². The molecule has 1 atom stereocenters. The third-order valence-electron chi connectivity index (χ3n) is 7.07. The lowest BCUT2D eigenvalue weighted by atomic mass is 9.95. The number of rotatable bonds is 17. The van der Waals surface area contributed by atoms with Gasteiger partial charge in [0.2, 0.25) is 5.91 Å². The van der Waals surface area contributed by atoms with Gasteiger partial charge in [-0.15, -0.1) is 0 Å². The largest absolute Gasteiger partial charge is 0.490 e. The van der Waals surface area contributed by atoms with Crippen LogP contribution in [0.15, 0.2) is 18.2 Å². The summed E-state index contributed by atoms with van der Waals surface area (Å²) >= 11 is 0. The van der Waals surface area contributed by atoms with Crippen LogP contribution in [0, 0.1) is 0 Å². The third kappa shape index (κ3) is 8.96. The third-order valence-corrected chi connectivity index (χ3v) is 7.07. The summed E-state index contributed by atoms with van der Waals surface area (Å²) in [4.78, 5) is 28.4. The minimum absolute atomic E-state index is 0.00358. The number of nitrogens with one attached hydrogen (secondary N) is 2. The van der Waals surface area contributed by atoms with Gasteiger partial charge in [-0.2, -0.15) is 0 Å². The van der Waals surface area contributed by atoms with Gasteiger partial charge in [-0.25, -0.2) is 0 Å². The molecule has 2 amide bonds.